The number of benzene rings is 1. The first-order valence-corrected chi connectivity index (χ1v) is 12.2. The number of aromatic nitrogens is 3. The Hall–Kier alpha value is -4.63. The fourth-order valence-corrected chi connectivity index (χ4v) is 3.92. The third kappa shape index (κ3) is 7.98. The number of hydrogen-bond acceptors (Lipinski definition) is 9. The zero-order valence-electron chi connectivity index (χ0n) is 22.5. The van der Waals surface area contributed by atoms with Crippen molar-refractivity contribution in [1.29, 1.82) is 0 Å². The van der Waals surface area contributed by atoms with Crippen LogP contribution in [0.25, 0.3) is 0 Å². The molecule has 0 saturated heterocycles. The molecule has 0 atom stereocenters. The molecular formula is C26H26F6N6O4. The Kier molecular flexibility index (Phi) is 9.80. The molecule has 0 aliphatic carbocycles. The van der Waals surface area contributed by atoms with Crippen LogP contribution in [0.4, 0.5) is 49.6 Å². The van der Waals surface area contributed by atoms with Crippen molar-refractivity contribution in [2.45, 2.75) is 25.2 Å². The number of alkyl halides is 6. The number of halogens is 6. The quantitative estimate of drug-likeness (QED) is 0.314. The number of carbonyl (C=O) groups is 2. The second-order valence-corrected chi connectivity index (χ2v) is 9.05. The van der Waals surface area contributed by atoms with E-state index in [1.165, 1.54) is 19.4 Å². The summed E-state index contributed by atoms with van der Waals surface area (Å²) in [5, 5.41) is 10.4. The minimum Gasteiger partial charge on any atom is -0.475 e. The van der Waals surface area contributed by atoms with E-state index in [4.69, 9.17) is 14.6 Å². The summed E-state index contributed by atoms with van der Waals surface area (Å²) in [6, 6.07) is 9.10. The van der Waals surface area contributed by atoms with Crippen LogP contribution in [-0.2, 0) is 28.5 Å². The number of aliphatic carboxylic acids is 1. The Morgan fingerprint density at radius 1 is 1.00 bits per heavy atom. The summed E-state index contributed by atoms with van der Waals surface area (Å²) in [7, 11) is 4.96. The van der Waals surface area contributed by atoms with Crippen LogP contribution in [0.2, 0.25) is 0 Å². The molecule has 4 rings (SSSR count). The maximum absolute atomic E-state index is 13.6. The van der Waals surface area contributed by atoms with Gasteiger partial charge in [0, 0.05) is 51.1 Å². The van der Waals surface area contributed by atoms with Gasteiger partial charge in [0.2, 0.25) is 5.95 Å². The van der Waals surface area contributed by atoms with E-state index >= 15 is 0 Å². The first kappa shape index (κ1) is 31.9. The molecule has 42 heavy (non-hydrogen) atoms. The van der Waals surface area contributed by atoms with Crippen LogP contribution < -0.4 is 15.1 Å². The number of fused-ring (bicyclic) bond motifs is 1. The Morgan fingerprint density at radius 3 is 2.17 bits per heavy atom. The highest BCUT2D eigenvalue weighted by Crippen LogP contribution is 2.36. The van der Waals surface area contributed by atoms with Gasteiger partial charge in [0.25, 0.3) is 0 Å². The highest BCUT2D eigenvalue weighted by Gasteiger charge is 2.38. The predicted octanol–water partition coefficient (Wildman–Crippen LogP) is 4.73. The van der Waals surface area contributed by atoms with E-state index in [2.05, 4.69) is 20.3 Å². The van der Waals surface area contributed by atoms with Gasteiger partial charge >= 0.3 is 24.3 Å². The summed E-state index contributed by atoms with van der Waals surface area (Å²) in [6.07, 6.45) is -7.34. The van der Waals surface area contributed by atoms with Crippen LogP contribution in [0.3, 0.4) is 0 Å². The van der Waals surface area contributed by atoms with Gasteiger partial charge in [0.15, 0.2) is 0 Å². The molecular weight excluding hydrogens is 574 g/mol. The second kappa shape index (κ2) is 12.9. The number of nitrogens with zero attached hydrogens (tertiary/aromatic N) is 5. The molecule has 0 spiro atoms. The summed E-state index contributed by atoms with van der Waals surface area (Å²) < 4.78 is 77.2. The van der Waals surface area contributed by atoms with Crippen molar-refractivity contribution in [3.63, 3.8) is 0 Å². The van der Waals surface area contributed by atoms with E-state index in [0.29, 0.717) is 48.9 Å². The maximum Gasteiger partial charge on any atom is 0.490 e. The molecule has 0 radical (unpaired) electrons. The number of anilines is 4. The van der Waals surface area contributed by atoms with Gasteiger partial charge in [-0.15, -0.1) is 0 Å². The van der Waals surface area contributed by atoms with Gasteiger partial charge < -0.3 is 25.0 Å². The van der Waals surface area contributed by atoms with Crippen LogP contribution in [0, 0.1) is 0 Å². The molecule has 1 aliphatic rings. The van der Waals surface area contributed by atoms with Crippen LogP contribution in [-0.4, -0.2) is 72.5 Å². The lowest BCUT2D eigenvalue weighted by Gasteiger charge is -2.24. The number of hydrogen-bond donors (Lipinski definition) is 2. The summed E-state index contributed by atoms with van der Waals surface area (Å²) in [5.41, 5.74) is 1.97. The minimum atomic E-state index is -5.08. The first-order chi connectivity index (χ1) is 19.6. The zero-order chi connectivity index (χ0) is 31.2. The fraction of sp³-hybridized carbons (Fsp3) is 0.346. The number of methoxy groups -OCH3 is 1. The number of esters is 1. The van der Waals surface area contributed by atoms with E-state index < -0.39 is 29.9 Å². The average Bonchev–Trinajstić information content (AvgIpc) is 3.15. The molecule has 0 saturated carbocycles. The van der Waals surface area contributed by atoms with E-state index in [1.807, 2.05) is 14.1 Å². The number of rotatable bonds is 5. The van der Waals surface area contributed by atoms with E-state index in [1.54, 1.807) is 34.1 Å². The first-order valence-electron chi connectivity index (χ1n) is 12.2. The van der Waals surface area contributed by atoms with E-state index in [0.717, 1.165) is 17.3 Å². The zero-order valence-corrected chi connectivity index (χ0v) is 22.5. The normalized spacial score (nSPS) is 13.2. The average molecular weight is 601 g/mol. The molecule has 0 fully saturated rings. The standard InChI is InChI=1S/C24H25F3N6O2.C2HF3O2/c1-32(2)23-30-19-11-14-33(21-18(24(25,26)27)5-4-12-28-21)13-10-17(19)20(31-23)29-16-8-6-15(7-9-16)22(34)35-3;3-2(4,5)1(6)7/h4-9,12H,10-11,13-14H2,1-3H3,(H,29,30,31);(H,6,7). The summed E-state index contributed by atoms with van der Waals surface area (Å²) in [6.45, 7) is 0.665. The molecule has 226 valence electrons. The molecule has 10 nitrogen and oxygen atoms in total. The van der Waals surface area contributed by atoms with Crippen molar-refractivity contribution in [2.75, 3.05) is 49.4 Å². The molecule has 0 unspecified atom stereocenters. The van der Waals surface area contributed by atoms with Crippen LogP contribution in [0.1, 0.15) is 27.2 Å². The van der Waals surface area contributed by atoms with Crippen LogP contribution in [0.15, 0.2) is 42.6 Å². The Morgan fingerprint density at radius 2 is 1.62 bits per heavy atom. The maximum atomic E-state index is 13.6. The highest BCUT2D eigenvalue weighted by molar-refractivity contribution is 5.89. The Balaban J connectivity index is 0.000000616. The number of carboxylic acids is 1. The molecule has 2 aromatic heterocycles. The van der Waals surface area contributed by atoms with E-state index in [9.17, 15) is 31.1 Å². The SMILES string of the molecule is COC(=O)c1ccc(Nc2nc(N(C)C)nc3c2CCN(c2ncccc2C(F)(F)F)CC3)cc1.O=C(O)C(F)(F)F. The summed E-state index contributed by atoms with van der Waals surface area (Å²) in [4.78, 5) is 37.4. The number of ether oxygens (including phenoxy) is 1. The number of nitrogens with one attached hydrogen (secondary N) is 1. The van der Waals surface area contributed by atoms with Gasteiger partial charge in [-0.3, -0.25) is 0 Å². The Bertz CT molecular complexity index is 1410. The van der Waals surface area contributed by atoms with Gasteiger partial charge in [-0.1, -0.05) is 0 Å². The number of carboxylic acid groups (broad SMARTS) is 1. The van der Waals surface area contributed by atoms with Crippen molar-refractivity contribution >= 4 is 35.2 Å². The molecule has 3 heterocycles. The van der Waals surface area contributed by atoms with Crippen molar-refractivity contribution in [3.8, 4) is 0 Å². The predicted molar refractivity (Wildman–Crippen MR) is 140 cm³/mol. The lowest BCUT2D eigenvalue weighted by Crippen LogP contribution is -2.29. The highest BCUT2D eigenvalue weighted by atomic mass is 19.4. The van der Waals surface area contributed by atoms with E-state index in [-0.39, 0.29) is 5.82 Å². The van der Waals surface area contributed by atoms with Gasteiger partial charge in [0.05, 0.1) is 23.9 Å². The molecule has 16 heteroatoms. The molecule has 1 aliphatic heterocycles. The second-order valence-electron chi connectivity index (χ2n) is 9.05. The minimum absolute atomic E-state index is 0.0819. The topological polar surface area (TPSA) is 121 Å². The van der Waals surface area contributed by atoms with Crippen molar-refractivity contribution in [3.05, 3.63) is 65.0 Å². The summed E-state index contributed by atoms with van der Waals surface area (Å²) in [5.74, 6) is -2.22. The lowest BCUT2D eigenvalue weighted by atomic mass is 10.1. The van der Waals surface area contributed by atoms with Gasteiger partial charge in [0.1, 0.15) is 11.6 Å². The third-order valence-electron chi connectivity index (χ3n) is 5.93. The Labute approximate surface area is 236 Å². The van der Waals surface area contributed by atoms with Gasteiger partial charge in [-0.2, -0.15) is 31.3 Å². The monoisotopic (exact) mass is 600 g/mol. The number of carbonyl (C=O) groups excluding carboxylic acids is 1. The van der Waals surface area contributed by atoms with Crippen molar-refractivity contribution < 1.29 is 45.8 Å². The molecule has 0 amide bonds. The van der Waals surface area contributed by atoms with Crippen LogP contribution >= 0.6 is 0 Å². The number of pyridine rings is 1. The van der Waals surface area contributed by atoms with Crippen LogP contribution in [0.5, 0.6) is 0 Å². The molecule has 1 aromatic carbocycles. The largest absolute Gasteiger partial charge is 0.490 e. The third-order valence-corrected chi connectivity index (χ3v) is 5.93. The molecule has 3 aromatic rings. The van der Waals surface area contributed by atoms with Crippen molar-refractivity contribution in [2.24, 2.45) is 0 Å². The van der Waals surface area contributed by atoms with Gasteiger partial charge in [-0.05, 0) is 42.8 Å². The summed E-state index contributed by atoms with van der Waals surface area (Å²) >= 11 is 0. The fourth-order valence-electron chi connectivity index (χ4n) is 3.92. The lowest BCUT2D eigenvalue weighted by molar-refractivity contribution is -0.192. The van der Waals surface area contributed by atoms with Crippen molar-refractivity contribution in [1.82, 2.24) is 15.0 Å². The molecule has 2 N–H and O–H groups in total. The van der Waals surface area contributed by atoms with Gasteiger partial charge in [-0.25, -0.2) is 19.6 Å². The smallest absolute Gasteiger partial charge is 0.475 e. The molecule has 0 bridgehead atoms.